The van der Waals surface area contributed by atoms with Crippen LogP contribution in [-0.4, -0.2) is 4.98 Å². The van der Waals surface area contributed by atoms with Crippen molar-refractivity contribution < 1.29 is 9.13 Å². The number of thiazole rings is 1. The van der Waals surface area contributed by atoms with Crippen molar-refractivity contribution in [3.63, 3.8) is 0 Å². The number of halogens is 3. The molecule has 0 aliphatic carbocycles. The van der Waals surface area contributed by atoms with Crippen LogP contribution in [0.1, 0.15) is 16.7 Å². The van der Waals surface area contributed by atoms with E-state index < -0.39 is 0 Å². The summed E-state index contributed by atoms with van der Waals surface area (Å²) in [5, 5.41) is 5.38. The van der Waals surface area contributed by atoms with Crippen LogP contribution < -0.4 is 10.1 Å². The topological polar surface area (TPSA) is 34.2 Å². The van der Waals surface area contributed by atoms with Gasteiger partial charge < -0.3 is 10.1 Å². The van der Waals surface area contributed by atoms with E-state index in [4.69, 9.17) is 32.9 Å². The van der Waals surface area contributed by atoms with Crippen molar-refractivity contribution in [2.45, 2.75) is 20.1 Å². The molecule has 5 rings (SSSR count). The fraction of sp³-hybridized carbons (Fsp3) is 0.107. The molecule has 1 N–H and O–H groups in total. The Bertz CT molecular complexity index is 1500. The lowest BCUT2D eigenvalue weighted by Gasteiger charge is -2.14. The molecule has 0 unspecified atom stereocenters. The molecule has 35 heavy (non-hydrogen) atoms. The number of nitrogens with one attached hydrogen (secondary N) is 1. The summed E-state index contributed by atoms with van der Waals surface area (Å²) >= 11 is 14.1. The van der Waals surface area contributed by atoms with Crippen molar-refractivity contribution in [2.75, 3.05) is 5.32 Å². The zero-order chi connectivity index (χ0) is 24.4. The van der Waals surface area contributed by atoms with E-state index in [2.05, 4.69) is 42.6 Å². The molecule has 1 aromatic heterocycles. The molecule has 0 atom stereocenters. The van der Waals surface area contributed by atoms with Crippen molar-refractivity contribution in [3.8, 4) is 16.3 Å². The molecule has 0 aliphatic rings. The van der Waals surface area contributed by atoms with E-state index in [1.807, 2.05) is 24.3 Å². The standard InChI is InChI=1S/C28H21Cl2FN2OS/c1-17-2-10-25-27(12-17)35-28(33-25)18-4-8-23(9-5-18)32-15-20-13-21(29)6-11-26(20)34-16-19-3-7-22(31)14-24(19)30/h2-14,32H,15-16H2,1H3. The van der Waals surface area contributed by atoms with E-state index in [1.54, 1.807) is 23.5 Å². The van der Waals surface area contributed by atoms with E-state index in [0.29, 0.717) is 27.9 Å². The predicted molar refractivity (Wildman–Crippen MR) is 144 cm³/mol. The van der Waals surface area contributed by atoms with E-state index in [9.17, 15) is 4.39 Å². The highest BCUT2D eigenvalue weighted by atomic mass is 35.5. The average Bonchev–Trinajstić information content (AvgIpc) is 3.26. The van der Waals surface area contributed by atoms with Crippen LogP contribution in [0, 0.1) is 12.7 Å². The van der Waals surface area contributed by atoms with Crippen molar-refractivity contribution >= 4 is 50.4 Å². The average molecular weight is 523 g/mol. The summed E-state index contributed by atoms with van der Waals surface area (Å²) in [6.07, 6.45) is 0. The van der Waals surface area contributed by atoms with Crippen LogP contribution in [0.2, 0.25) is 10.0 Å². The van der Waals surface area contributed by atoms with Crippen LogP contribution >= 0.6 is 34.5 Å². The Morgan fingerprint density at radius 3 is 2.54 bits per heavy atom. The lowest BCUT2D eigenvalue weighted by atomic mass is 10.1. The van der Waals surface area contributed by atoms with E-state index in [1.165, 1.54) is 22.4 Å². The third kappa shape index (κ3) is 5.59. The molecule has 0 aliphatic heterocycles. The fourth-order valence-corrected chi connectivity index (χ4v) is 5.19. The summed E-state index contributed by atoms with van der Waals surface area (Å²) in [5.41, 5.74) is 5.92. The highest BCUT2D eigenvalue weighted by Gasteiger charge is 2.10. The SMILES string of the molecule is Cc1ccc2nc(-c3ccc(NCc4cc(Cl)ccc4OCc4ccc(F)cc4Cl)cc3)sc2c1. The van der Waals surface area contributed by atoms with Crippen LogP contribution in [0.25, 0.3) is 20.8 Å². The molecular formula is C28H21Cl2FN2OS. The number of hydrogen-bond donors (Lipinski definition) is 1. The molecule has 0 bridgehead atoms. The van der Waals surface area contributed by atoms with Gasteiger partial charge in [-0.05, 0) is 79.2 Å². The highest BCUT2D eigenvalue weighted by Crippen LogP contribution is 2.32. The lowest BCUT2D eigenvalue weighted by molar-refractivity contribution is 0.303. The first-order valence-corrected chi connectivity index (χ1v) is 12.6. The molecule has 7 heteroatoms. The number of ether oxygens (including phenoxy) is 1. The first-order valence-electron chi connectivity index (χ1n) is 11.0. The minimum atomic E-state index is -0.376. The second kappa shape index (κ2) is 10.2. The summed E-state index contributed by atoms with van der Waals surface area (Å²) < 4.78 is 20.5. The monoisotopic (exact) mass is 522 g/mol. The van der Waals surface area contributed by atoms with Crippen LogP contribution in [0.3, 0.4) is 0 Å². The van der Waals surface area contributed by atoms with Gasteiger partial charge in [0.05, 0.1) is 15.2 Å². The Morgan fingerprint density at radius 2 is 1.74 bits per heavy atom. The molecular weight excluding hydrogens is 502 g/mol. The van der Waals surface area contributed by atoms with Gasteiger partial charge in [-0.15, -0.1) is 11.3 Å². The number of aromatic nitrogens is 1. The number of rotatable bonds is 7. The molecule has 1 heterocycles. The van der Waals surface area contributed by atoms with Crippen molar-refractivity contribution in [1.82, 2.24) is 4.98 Å². The van der Waals surface area contributed by atoms with Crippen LogP contribution in [-0.2, 0) is 13.2 Å². The van der Waals surface area contributed by atoms with Crippen LogP contribution in [0.5, 0.6) is 5.75 Å². The number of fused-ring (bicyclic) bond motifs is 1. The van der Waals surface area contributed by atoms with Crippen molar-refractivity contribution in [3.05, 3.63) is 111 Å². The number of aryl methyl sites for hydroxylation is 1. The number of nitrogens with zero attached hydrogens (tertiary/aromatic N) is 1. The summed E-state index contributed by atoms with van der Waals surface area (Å²) in [6.45, 7) is 2.84. The molecule has 0 radical (unpaired) electrons. The minimum absolute atomic E-state index is 0.226. The first kappa shape index (κ1) is 23.6. The third-order valence-corrected chi connectivity index (χ3v) is 7.23. The van der Waals surface area contributed by atoms with Gasteiger partial charge in [0.2, 0.25) is 0 Å². The molecule has 0 saturated carbocycles. The summed E-state index contributed by atoms with van der Waals surface area (Å²) in [4.78, 5) is 4.76. The Morgan fingerprint density at radius 1 is 0.914 bits per heavy atom. The van der Waals surface area contributed by atoms with Gasteiger partial charge >= 0.3 is 0 Å². The Labute approximate surface area is 217 Å². The van der Waals surface area contributed by atoms with E-state index in [0.717, 1.165) is 27.3 Å². The zero-order valence-electron chi connectivity index (χ0n) is 18.8. The number of benzene rings is 4. The van der Waals surface area contributed by atoms with Gasteiger partial charge in [0.1, 0.15) is 23.2 Å². The van der Waals surface area contributed by atoms with Gasteiger partial charge in [0.25, 0.3) is 0 Å². The maximum absolute atomic E-state index is 13.3. The Hall–Kier alpha value is -3.12. The fourth-order valence-electron chi connectivity index (χ4n) is 3.70. The summed E-state index contributed by atoms with van der Waals surface area (Å²) in [5.74, 6) is 0.308. The van der Waals surface area contributed by atoms with Gasteiger partial charge in [-0.3, -0.25) is 0 Å². The second-order valence-corrected chi connectivity index (χ2v) is 10.1. The molecule has 5 aromatic rings. The molecule has 0 saturated heterocycles. The maximum Gasteiger partial charge on any atom is 0.124 e. The second-order valence-electron chi connectivity index (χ2n) is 8.20. The number of hydrogen-bond acceptors (Lipinski definition) is 4. The first-order chi connectivity index (χ1) is 16.9. The zero-order valence-corrected chi connectivity index (χ0v) is 21.1. The molecule has 0 spiro atoms. The van der Waals surface area contributed by atoms with Gasteiger partial charge in [0.15, 0.2) is 0 Å². The van der Waals surface area contributed by atoms with Gasteiger partial charge in [-0.1, -0.05) is 35.3 Å². The van der Waals surface area contributed by atoms with Crippen molar-refractivity contribution in [1.29, 1.82) is 0 Å². The van der Waals surface area contributed by atoms with Crippen LogP contribution in [0.4, 0.5) is 10.1 Å². The minimum Gasteiger partial charge on any atom is -0.488 e. The summed E-state index contributed by atoms with van der Waals surface area (Å²) in [6, 6.07) is 24.3. The van der Waals surface area contributed by atoms with Gasteiger partial charge in [-0.25, -0.2) is 9.37 Å². The summed E-state index contributed by atoms with van der Waals surface area (Å²) in [7, 11) is 0. The number of anilines is 1. The predicted octanol–water partition coefficient (Wildman–Crippen LogP) is 8.91. The smallest absolute Gasteiger partial charge is 0.124 e. The van der Waals surface area contributed by atoms with Gasteiger partial charge in [-0.2, -0.15) is 0 Å². The van der Waals surface area contributed by atoms with E-state index in [-0.39, 0.29) is 12.4 Å². The highest BCUT2D eigenvalue weighted by molar-refractivity contribution is 7.21. The Kier molecular flexibility index (Phi) is 6.91. The molecule has 0 fully saturated rings. The van der Waals surface area contributed by atoms with E-state index >= 15 is 0 Å². The molecule has 0 amide bonds. The lowest BCUT2D eigenvalue weighted by Crippen LogP contribution is -2.04. The van der Waals surface area contributed by atoms with Crippen LogP contribution in [0.15, 0.2) is 78.9 Å². The molecule has 176 valence electrons. The molecule has 4 aromatic carbocycles. The largest absolute Gasteiger partial charge is 0.488 e. The third-order valence-electron chi connectivity index (χ3n) is 5.58. The van der Waals surface area contributed by atoms with Gasteiger partial charge in [0, 0.05) is 33.9 Å². The Balaban J connectivity index is 1.27. The quantitative estimate of drug-likeness (QED) is 0.231. The normalized spacial score (nSPS) is 11.1. The maximum atomic E-state index is 13.3. The van der Waals surface area contributed by atoms with Crippen molar-refractivity contribution in [2.24, 2.45) is 0 Å². The molecule has 3 nitrogen and oxygen atoms in total.